The van der Waals surface area contributed by atoms with Crippen LogP contribution in [0.5, 0.6) is 0 Å². The fourth-order valence-electron chi connectivity index (χ4n) is 4.41. The minimum Gasteiger partial charge on any atom is -0.379 e. The molecule has 2 aliphatic rings. The van der Waals surface area contributed by atoms with E-state index in [-0.39, 0.29) is 5.91 Å². The van der Waals surface area contributed by atoms with Crippen molar-refractivity contribution in [3.63, 3.8) is 0 Å². The van der Waals surface area contributed by atoms with Crippen LogP contribution in [0.1, 0.15) is 35.3 Å². The Kier molecular flexibility index (Phi) is 6.99. The van der Waals surface area contributed by atoms with E-state index in [0.29, 0.717) is 5.69 Å². The van der Waals surface area contributed by atoms with E-state index in [1.165, 1.54) is 36.2 Å². The SMILES string of the molecule is O=C(Nc1ccc(CCN2CCOCC2)cc1N1CCCCC1)c1csc(-c2cn[nH]c2)n1. The molecule has 2 aliphatic heterocycles. The summed E-state index contributed by atoms with van der Waals surface area (Å²) in [6.45, 7) is 6.73. The predicted octanol–water partition coefficient (Wildman–Crippen LogP) is 3.65. The van der Waals surface area contributed by atoms with E-state index in [1.54, 1.807) is 17.8 Å². The van der Waals surface area contributed by atoms with Gasteiger partial charge in [0.05, 0.1) is 30.8 Å². The summed E-state index contributed by atoms with van der Waals surface area (Å²) in [5.74, 6) is -0.180. The molecule has 0 radical (unpaired) electrons. The number of thiazole rings is 1. The monoisotopic (exact) mass is 466 g/mol. The number of amides is 1. The average Bonchev–Trinajstić information content (AvgIpc) is 3.57. The molecule has 0 unspecified atom stereocenters. The van der Waals surface area contributed by atoms with Crippen LogP contribution >= 0.6 is 11.3 Å². The molecule has 174 valence electrons. The first-order valence-electron chi connectivity index (χ1n) is 11.7. The van der Waals surface area contributed by atoms with Gasteiger partial charge in [-0.3, -0.25) is 14.8 Å². The molecule has 4 heterocycles. The van der Waals surface area contributed by atoms with Gasteiger partial charge in [0, 0.05) is 49.9 Å². The van der Waals surface area contributed by atoms with Crippen LogP contribution in [0.25, 0.3) is 10.6 Å². The maximum Gasteiger partial charge on any atom is 0.275 e. The number of anilines is 2. The van der Waals surface area contributed by atoms with Gasteiger partial charge in [0.25, 0.3) is 5.91 Å². The number of hydrogen-bond donors (Lipinski definition) is 2. The lowest BCUT2D eigenvalue weighted by molar-refractivity contribution is 0.0384. The average molecular weight is 467 g/mol. The number of hydrogen-bond acceptors (Lipinski definition) is 7. The van der Waals surface area contributed by atoms with Crippen LogP contribution in [0.3, 0.4) is 0 Å². The molecule has 33 heavy (non-hydrogen) atoms. The second kappa shape index (κ2) is 10.5. The van der Waals surface area contributed by atoms with Crippen LogP contribution < -0.4 is 10.2 Å². The number of carbonyl (C=O) groups excluding carboxylic acids is 1. The van der Waals surface area contributed by atoms with Gasteiger partial charge < -0.3 is 15.0 Å². The molecule has 2 saturated heterocycles. The van der Waals surface area contributed by atoms with Crippen LogP contribution in [0.15, 0.2) is 36.0 Å². The lowest BCUT2D eigenvalue weighted by Crippen LogP contribution is -2.37. The molecular formula is C24H30N6O2S. The molecule has 2 fully saturated rings. The van der Waals surface area contributed by atoms with E-state index in [4.69, 9.17) is 4.74 Å². The Balaban J connectivity index is 1.32. The summed E-state index contributed by atoms with van der Waals surface area (Å²) in [5, 5.41) is 12.5. The fourth-order valence-corrected chi connectivity index (χ4v) is 5.19. The quantitative estimate of drug-likeness (QED) is 0.553. The second-order valence-electron chi connectivity index (χ2n) is 8.58. The smallest absolute Gasteiger partial charge is 0.275 e. The van der Waals surface area contributed by atoms with Crippen molar-refractivity contribution in [3.8, 4) is 10.6 Å². The first-order valence-corrected chi connectivity index (χ1v) is 12.6. The number of morpholine rings is 1. The summed E-state index contributed by atoms with van der Waals surface area (Å²) >= 11 is 1.45. The van der Waals surface area contributed by atoms with Crippen molar-refractivity contribution in [3.05, 3.63) is 47.2 Å². The molecule has 2 aromatic heterocycles. The number of H-pyrrole nitrogens is 1. The molecular weight excluding hydrogens is 436 g/mol. The van der Waals surface area contributed by atoms with Gasteiger partial charge in [-0.2, -0.15) is 5.10 Å². The number of aromatic nitrogens is 3. The molecule has 9 heteroatoms. The standard InChI is InChI=1S/C24H30N6O2S/c31-23(21-17-33-24(28-21)19-15-25-26-16-19)27-20-5-4-18(6-9-29-10-12-32-13-11-29)14-22(20)30-7-2-1-3-8-30/h4-5,14-17H,1-3,6-13H2,(H,25,26)(H,27,31). The molecule has 0 bridgehead atoms. The minimum atomic E-state index is -0.180. The molecule has 0 spiro atoms. The van der Waals surface area contributed by atoms with E-state index in [2.05, 4.69) is 48.5 Å². The van der Waals surface area contributed by atoms with E-state index in [0.717, 1.165) is 74.3 Å². The lowest BCUT2D eigenvalue weighted by Gasteiger charge is -2.31. The molecule has 1 amide bonds. The Hall–Kier alpha value is -2.75. The van der Waals surface area contributed by atoms with Gasteiger partial charge in [0.15, 0.2) is 0 Å². The topological polar surface area (TPSA) is 86.4 Å². The molecule has 0 atom stereocenters. The number of benzene rings is 1. The Labute approximate surface area is 198 Å². The zero-order chi connectivity index (χ0) is 22.5. The Morgan fingerprint density at radius 3 is 2.79 bits per heavy atom. The molecule has 1 aromatic carbocycles. The van der Waals surface area contributed by atoms with Gasteiger partial charge in [-0.25, -0.2) is 4.98 Å². The molecule has 0 aliphatic carbocycles. The number of aromatic amines is 1. The van der Waals surface area contributed by atoms with Crippen LogP contribution in [0.2, 0.25) is 0 Å². The first-order chi connectivity index (χ1) is 16.3. The van der Waals surface area contributed by atoms with Crippen molar-refractivity contribution in [1.29, 1.82) is 0 Å². The minimum absolute atomic E-state index is 0.180. The van der Waals surface area contributed by atoms with Gasteiger partial charge >= 0.3 is 0 Å². The Morgan fingerprint density at radius 2 is 2.00 bits per heavy atom. The lowest BCUT2D eigenvalue weighted by atomic mass is 10.1. The predicted molar refractivity (Wildman–Crippen MR) is 131 cm³/mol. The van der Waals surface area contributed by atoms with Crippen LogP contribution in [0.4, 0.5) is 11.4 Å². The highest BCUT2D eigenvalue weighted by Crippen LogP contribution is 2.31. The van der Waals surface area contributed by atoms with Crippen molar-refractivity contribution in [1.82, 2.24) is 20.1 Å². The maximum atomic E-state index is 13.0. The Morgan fingerprint density at radius 1 is 1.15 bits per heavy atom. The third-order valence-corrected chi connectivity index (χ3v) is 7.20. The fraction of sp³-hybridized carbons (Fsp3) is 0.458. The van der Waals surface area contributed by atoms with Crippen LogP contribution in [0, 0.1) is 0 Å². The third kappa shape index (κ3) is 5.43. The molecule has 3 aromatic rings. The molecule has 5 rings (SSSR count). The van der Waals surface area contributed by atoms with E-state index in [9.17, 15) is 4.79 Å². The summed E-state index contributed by atoms with van der Waals surface area (Å²) in [5.41, 5.74) is 4.59. The number of rotatable bonds is 7. The van der Waals surface area contributed by atoms with Crippen molar-refractivity contribution < 1.29 is 9.53 Å². The van der Waals surface area contributed by atoms with Gasteiger partial charge in [0.1, 0.15) is 10.7 Å². The number of ether oxygens (including phenoxy) is 1. The van der Waals surface area contributed by atoms with Crippen molar-refractivity contribution >= 4 is 28.6 Å². The van der Waals surface area contributed by atoms with Gasteiger partial charge in [-0.15, -0.1) is 11.3 Å². The maximum absolute atomic E-state index is 13.0. The van der Waals surface area contributed by atoms with Crippen molar-refractivity contribution in [2.45, 2.75) is 25.7 Å². The number of carbonyl (C=O) groups is 1. The van der Waals surface area contributed by atoms with Crippen LogP contribution in [-0.2, 0) is 11.2 Å². The van der Waals surface area contributed by atoms with E-state index in [1.807, 2.05) is 0 Å². The summed E-state index contributed by atoms with van der Waals surface area (Å²) in [6, 6.07) is 6.46. The zero-order valence-corrected chi connectivity index (χ0v) is 19.6. The Bertz CT molecular complexity index is 1050. The van der Waals surface area contributed by atoms with Gasteiger partial charge in [-0.1, -0.05) is 6.07 Å². The van der Waals surface area contributed by atoms with Crippen molar-refractivity contribution in [2.75, 3.05) is 56.2 Å². The second-order valence-corrected chi connectivity index (χ2v) is 9.44. The molecule has 8 nitrogen and oxygen atoms in total. The normalized spacial score (nSPS) is 17.3. The number of piperidine rings is 1. The molecule has 0 saturated carbocycles. The van der Waals surface area contributed by atoms with Gasteiger partial charge in [0.2, 0.25) is 0 Å². The van der Waals surface area contributed by atoms with Crippen molar-refractivity contribution in [2.24, 2.45) is 0 Å². The largest absolute Gasteiger partial charge is 0.379 e. The summed E-state index contributed by atoms with van der Waals surface area (Å²) in [4.78, 5) is 22.4. The molecule has 2 N–H and O–H groups in total. The van der Waals surface area contributed by atoms with Crippen LogP contribution in [-0.4, -0.2) is 71.9 Å². The highest BCUT2D eigenvalue weighted by molar-refractivity contribution is 7.13. The first kappa shape index (κ1) is 22.1. The summed E-state index contributed by atoms with van der Waals surface area (Å²) in [7, 11) is 0. The van der Waals surface area contributed by atoms with E-state index < -0.39 is 0 Å². The third-order valence-electron chi connectivity index (χ3n) is 6.31. The summed E-state index contributed by atoms with van der Waals surface area (Å²) in [6.07, 6.45) is 8.13. The highest BCUT2D eigenvalue weighted by Gasteiger charge is 2.19. The highest BCUT2D eigenvalue weighted by atomic mass is 32.1. The number of nitrogens with one attached hydrogen (secondary N) is 2. The van der Waals surface area contributed by atoms with Gasteiger partial charge in [-0.05, 0) is 43.4 Å². The zero-order valence-electron chi connectivity index (χ0n) is 18.8. The van der Waals surface area contributed by atoms with E-state index >= 15 is 0 Å². The number of nitrogens with zero attached hydrogens (tertiary/aromatic N) is 4. The summed E-state index contributed by atoms with van der Waals surface area (Å²) < 4.78 is 5.46.